The molecule has 0 atom stereocenters. The predicted molar refractivity (Wildman–Crippen MR) is 96.1 cm³/mol. The first-order chi connectivity index (χ1) is 11.9. The zero-order chi connectivity index (χ0) is 18.4. The van der Waals surface area contributed by atoms with Gasteiger partial charge >= 0.3 is 5.97 Å². The van der Waals surface area contributed by atoms with E-state index in [9.17, 15) is 14.4 Å². The molecule has 6 nitrogen and oxygen atoms in total. The average molecular weight is 340 g/mol. The monoisotopic (exact) mass is 340 g/mol. The Bertz CT molecular complexity index is 815. The average Bonchev–Trinajstić information content (AvgIpc) is 2.60. The molecule has 0 fully saturated rings. The van der Waals surface area contributed by atoms with Gasteiger partial charge in [0.1, 0.15) is 0 Å². The second-order valence-corrected chi connectivity index (χ2v) is 5.51. The third kappa shape index (κ3) is 4.67. The van der Waals surface area contributed by atoms with Crippen LogP contribution < -0.4 is 10.6 Å². The summed E-state index contributed by atoms with van der Waals surface area (Å²) in [5, 5.41) is 5.73. The van der Waals surface area contributed by atoms with Gasteiger partial charge in [-0.1, -0.05) is 18.2 Å². The Balaban J connectivity index is 2.02. The number of ketones is 1. The number of amides is 1. The highest BCUT2D eigenvalue weighted by atomic mass is 16.5. The third-order valence-electron chi connectivity index (χ3n) is 3.73. The minimum Gasteiger partial charge on any atom is -0.465 e. The van der Waals surface area contributed by atoms with Crippen molar-refractivity contribution in [1.29, 1.82) is 0 Å². The largest absolute Gasteiger partial charge is 0.465 e. The number of carbonyl (C=O) groups is 3. The molecule has 0 aliphatic rings. The van der Waals surface area contributed by atoms with Crippen molar-refractivity contribution >= 4 is 29.0 Å². The van der Waals surface area contributed by atoms with Crippen LogP contribution in [0.25, 0.3) is 0 Å². The van der Waals surface area contributed by atoms with Gasteiger partial charge in [-0.2, -0.15) is 0 Å². The number of hydrogen-bond acceptors (Lipinski definition) is 5. The van der Waals surface area contributed by atoms with Crippen molar-refractivity contribution in [3.8, 4) is 0 Å². The summed E-state index contributed by atoms with van der Waals surface area (Å²) in [7, 11) is 1.32. The van der Waals surface area contributed by atoms with Crippen LogP contribution in [0.4, 0.5) is 11.4 Å². The molecule has 0 radical (unpaired) electrons. The lowest BCUT2D eigenvalue weighted by molar-refractivity contribution is -0.114. The van der Waals surface area contributed by atoms with Gasteiger partial charge in [0.05, 0.1) is 19.2 Å². The van der Waals surface area contributed by atoms with Gasteiger partial charge < -0.3 is 15.4 Å². The predicted octanol–water partition coefficient (Wildman–Crippen LogP) is 3.03. The molecule has 0 spiro atoms. The molecular weight excluding hydrogens is 320 g/mol. The Hall–Kier alpha value is -3.15. The Morgan fingerprint density at radius 2 is 1.80 bits per heavy atom. The van der Waals surface area contributed by atoms with E-state index < -0.39 is 5.97 Å². The van der Waals surface area contributed by atoms with Crippen molar-refractivity contribution in [3.63, 3.8) is 0 Å². The number of methoxy groups -OCH3 is 1. The molecule has 0 unspecified atom stereocenters. The summed E-state index contributed by atoms with van der Waals surface area (Å²) in [6.45, 7) is 3.28. The van der Waals surface area contributed by atoms with E-state index in [4.69, 9.17) is 4.74 Å². The number of nitrogens with one attached hydrogen (secondary N) is 2. The second kappa shape index (κ2) is 8.10. The highest BCUT2D eigenvalue weighted by Gasteiger charge is 2.12. The number of hydrogen-bond donors (Lipinski definition) is 2. The Kier molecular flexibility index (Phi) is 5.89. The van der Waals surface area contributed by atoms with E-state index in [1.807, 2.05) is 0 Å². The lowest BCUT2D eigenvalue weighted by atomic mass is 10.1. The third-order valence-corrected chi connectivity index (χ3v) is 3.73. The first kappa shape index (κ1) is 18.2. The van der Waals surface area contributed by atoms with Crippen LogP contribution >= 0.6 is 0 Å². The molecule has 2 aromatic rings. The summed E-state index contributed by atoms with van der Waals surface area (Å²) in [4.78, 5) is 35.2. The van der Waals surface area contributed by atoms with E-state index in [1.165, 1.54) is 14.0 Å². The zero-order valence-electron chi connectivity index (χ0n) is 14.4. The molecule has 6 heteroatoms. The normalized spacial score (nSPS) is 10.0. The molecule has 0 heterocycles. The molecule has 2 rings (SSSR count). The van der Waals surface area contributed by atoms with E-state index in [0.29, 0.717) is 28.1 Å². The van der Waals surface area contributed by atoms with Crippen LogP contribution in [0.1, 0.15) is 33.2 Å². The van der Waals surface area contributed by atoms with E-state index in [-0.39, 0.29) is 18.2 Å². The Labute approximate surface area is 146 Å². The van der Waals surface area contributed by atoms with Gasteiger partial charge in [-0.25, -0.2) is 4.79 Å². The molecule has 0 aliphatic heterocycles. The molecule has 2 N–H and O–H groups in total. The standard InChI is InChI=1S/C19H20N2O4/c1-12-16(19(24)25-3)8-5-9-17(12)20-11-18(23)21-15-7-4-6-14(10-15)13(2)22/h4-10,20H,11H2,1-3H3,(H,21,23). The van der Waals surface area contributed by atoms with Crippen LogP contribution in [0, 0.1) is 6.92 Å². The first-order valence-corrected chi connectivity index (χ1v) is 7.75. The number of benzene rings is 2. The van der Waals surface area contributed by atoms with E-state index in [2.05, 4.69) is 10.6 Å². The number of ether oxygens (including phenoxy) is 1. The number of Topliss-reactive ketones (excluding diaryl/α,β-unsaturated/α-hetero) is 1. The van der Waals surface area contributed by atoms with Gasteiger partial charge in [-0.15, -0.1) is 0 Å². The topological polar surface area (TPSA) is 84.5 Å². The number of esters is 1. The summed E-state index contributed by atoms with van der Waals surface area (Å²) in [6.07, 6.45) is 0. The number of anilines is 2. The Morgan fingerprint density at radius 3 is 2.48 bits per heavy atom. The van der Waals surface area contributed by atoms with Gasteiger partial charge in [0.2, 0.25) is 5.91 Å². The number of rotatable bonds is 6. The van der Waals surface area contributed by atoms with Crippen molar-refractivity contribution in [2.24, 2.45) is 0 Å². The number of carbonyl (C=O) groups excluding carboxylic acids is 3. The Morgan fingerprint density at radius 1 is 1.08 bits per heavy atom. The van der Waals surface area contributed by atoms with Crippen molar-refractivity contribution in [2.75, 3.05) is 24.3 Å². The first-order valence-electron chi connectivity index (χ1n) is 7.75. The molecule has 25 heavy (non-hydrogen) atoms. The van der Waals surface area contributed by atoms with Crippen LogP contribution in [0.15, 0.2) is 42.5 Å². The fourth-order valence-electron chi connectivity index (χ4n) is 2.35. The van der Waals surface area contributed by atoms with Crippen LogP contribution in [0.2, 0.25) is 0 Å². The minimum atomic E-state index is -0.424. The van der Waals surface area contributed by atoms with Gasteiger partial charge in [0.25, 0.3) is 0 Å². The van der Waals surface area contributed by atoms with Crippen molar-refractivity contribution in [3.05, 3.63) is 59.2 Å². The maximum atomic E-state index is 12.1. The molecule has 0 aliphatic carbocycles. The molecule has 2 aromatic carbocycles. The van der Waals surface area contributed by atoms with Crippen LogP contribution in [-0.4, -0.2) is 31.3 Å². The van der Waals surface area contributed by atoms with E-state index in [0.717, 1.165) is 0 Å². The van der Waals surface area contributed by atoms with Crippen molar-refractivity contribution in [1.82, 2.24) is 0 Å². The minimum absolute atomic E-state index is 0.0236. The summed E-state index contributed by atoms with van der Waals surface area (Å²) >= 11 is 0. The van der Waals surface area contributed by atoms with Crippen LogP contribution in [0.5, 0.6) is 0 Å². The lowest BCUT2D eigenvalue weighted by Crippen LogP contribution is -2.22. The lowest BCUT2D eigenvalue weighted by Gasteiger charge is -2.12. The summed E-state index contributed by atoms with van der Waals surface area (Å²) in [5.41, 5.74) is 2.92. The maximum Gasteiger partial charge on any atom is 0.338 e. The van der Waals surface area contributed by atoms with Gasteiger partial charge in [0, 0.05) is 16.9 Å². The highest BCUT2D eigenvalue weighted by Crippen LogP contribution is 2.19. The molecule has 130 valence electrons. The quantitative estimate of drug-likeness (QED) is 0.624. The zero-order valence-corrected chi connectivity index (χ0v) is 14.4. The van der Waals surface area contributed by atoms with Crippen molar-refractivity contribution < 1.29 is 19.1 Å². The summed E-state index contributed by atoms with van der Waals surface area (Å²) < 4.78 is 4.73. The molecular formula is C19H20N2O4. The molecule has 0 bridgehead atoms. The van der Waals surface area contributed by atoms with E-state index >= 15 is 0 Å². The fourth-order valence-corrected chi connectivity index (χ4v) is 2.35. The van der Waals surface area contributed by atoms with Gasteiger partial charge in [0.15, 0.2) is 5.78 Å². The second-order valence-electron chi connectivity index (χ2n) is 5.51. The maximum absolute atomic E-state index is 12.1. The smallest absolute Gasteiger partial charge is 0.338 e. The van der Waals surface area contributed by atoms with Gasteiger partial charge in [-0.05, 0) is 43.7 Å². The van der Waals surface area contributed by atoms with E-state index in [1.54, 1.807) is 49.4 Å². The summed E-state index contributed by atoms with van der Waals surface area (Å²) in [6, 6.07) is 11.9. The molecule has 0 aromatic heterocycles. The van der Waals surface area contributed by atoms with Crippen LogP contribution in [0.3, 0.4) is 0 Å². The summed E-state index contributed by atoms with van der Waals surface area (Å²) in [5.74, 6) is -0.750. The van der Waals surface area contributed by atoms with Gasteiger partial charge in [-0.3, -0.25) is 9.59 Å². The molecule has 0 saturated carbocycles. The SMILES string of the molecule is COC(=O)c1cccc(NCC(=O)Nc2cccc(C(C)=O)c2)c1C. The van der Waals surface area contributed by atoms with Crippen molar-refractivity contribution in [2.45, 2.75) is 13.8 Å². The molecule has 0 saturated heterocycles. The highest BCUT2D eigenvalue weighted by molar-refractivity contribution is 5.98. The van der Waals surface area contributed by atoms with Crippen LogP contribution in [-0.2, 0) is 9.53 Å². The molecule has 1 amide bonds. The fraction of sp³-hybridized carbons (Fsp3) is 0.211.